The van der Waals surface area contributed by atoms with E-state index in [1.54, 1.807) is 0 Å². The molecule has 0 atom stereocenters. The average Bonchev–Trinajstić information content (AvgIpc) is 2.02. The first-order chi connectivity index (χ1) is 6.36. The van der Waals surface area contributed by atoms with Crippen LogP contribution in [0.5, 0.6) is 0 Å². The normalized spacial score (nSPS) is 21.9. The highest BCUT2D eigenvalue weighted by Crippen LogP contribution is 2.22. The van der Waals surface area contributed by atoms with Crippen LogP contribution in [0.15, 0.2) is 0 Å². The Morgan fingerprint density at radius 2 is 1.86 bits per heavy atom. The highest BCUT2D eigenvalue weighted by molar-refractivity contribution is 5.79. The third kappa shape index (κ3) is 2.69. The number of carboxylic acid groups (broad SMARTS) is 1. The van der Waals surface area contributed by atoms with Crippen molar-refractivity contribution in [2.45, 2.75) is 44.7 Å². The summed E-state index contributed by atoms with van der Waals surface area (Å²) in [7, 11) is 0. The highest BCUT2D eigenvalue weighted by Gasteiger charge is 2.41. The van der Waals surface area contributed by atoms with Crippen molar-refractivity contribution in [3.63, 3.8) is 0 Å². The fourth-order valence-electron chi connectivity index (χ4n) is 1.96. The Morgan fingerprint density at radius 1 is 1.36 bits per heavy atom. The Kier molecular flexibility index (Phi) is 3.17. The van der Waals surface area contributed by atoms with Gasteiger partial charge in [0.15, 0.2) is 0 Å². The van der Waals surface area contributed by atoms with Gasteiger partial charge in [0.05, 0.1) is 0 Å². The van der Waals surface area contributed by atoms with Gasteiger partial charge in [-0.25, -0.2) is 0 Å². The minimum Gasteiger partial charge on any atom is -0.480 e. The molecule has 4 heteroatoms. The smallest absolute Gasteiger partial charge is 0.324 e. The molecule has 0 bridgehead atoms. The van der Waals surface area contributed by atoms with Crippen molar-refractivity contribution >= 4 is 5.97 Å². The summed E-state index contributed by atoms with van der Waals surface area (Å²) in [5.41, 5.74) is -0.890. The molecule has 4 nitrogen and oxygen atoms in total. The van der Waals surface area contributed by atoms with Crippen LogP contribution in [0.25, 0.3) is 0 Å². The lowest BCUT2D eigenvalue weighted by Crippen LogP contribution is -2.62. The van der Waals surface area contributed by atoms with Gasteiger partial charge in [0, 0.05) is 5.54 Å². The molecule has 0 aromatic heterocycles. The standard InChI is InChI=1S/C10H20N2O2/c1-9(2,3)12-10(8(13)14)4-6-11-7-5-10/h11-12H,4-7H2,1-3H3,(H,13,14). The molecule has 1 rings (SSSR count). The molecule has 0 unspecified atom stereocenters. The number of hydrogen-bond acceptors (Lipinski definition) is 3. The molecule has 1 saturated heterocycles. The number of piperidine rings is 1. The Labute approximate surface area is 85.1 Å². The van der Waals surface area contributed by atoms with Gasteiger partial charge in [-0.15, -0.1) is 0 Å². The van der Waals surface area contributed by atoms with E-state index in [-0.39, 0.29) is 5.54 Å². The van der Waals surface area contributed by atoms with Gasteiger partial charge in [0.1, 0.15) is 5.54 Å². The maximum absolute atomic E-state index is 11.3. The fourth-order valence-corrected chi connectivity index (χ4v) is 1.96. The van der Waals surface area contributed by atoms with Crippen LogP contribution in [0, 0.1) is 0 Å². The van der Waals surface area contributed by atoms with Crippen LogP contribution in [0.3, 0.4) is 0 Å². The molecule has 0 radical (unpaired) electrons. The van der Waals surface area contributed by atoms with E-state index in [1.165, 1.54) is 0 Å². The predicted octanol–water partition coefficient (Wildman–Crippen LogP) is 0.581. The van der Waals surface area contributed by atoms with Gasteiger partial charge in [0.25, 0.3) is 0 Å². The number of carboxylic acids is 1. The molecule has 1 fully saturated rings. The van der Waals surface area contributed by atoms with Gasteiger partial charge in [-0.2, -0.15) is 0 Å². The first-order valence-corrected chi connectivity index (χ1v) is 5.09. The van der Waals surface area contributed by atoms with Crippen molar-refractivity contribution in [3.05, 3.63) is 0 Å². The summed E-state index contributed by atoms with van der Waals surface area (Å²) in [6.07, 6.45) is 1.30. The molecule has 0 amide bonds. The highest BCUT2D eigenvalue weighted by atomic mass is 16.4. The van der Waals surface area contributed by atoms with Crippen molar-refractivity contribution in [3.8, 4) is 0 Å². The second-order valence-corrected chi connectivity index (χ2v) is 5.01. The lowest BCUT2D eigenvalue weighted by Gasteiger charge is -2.40. The summed E-state index contributed by atoms with van der Waals surface area (Å²) in [4.78, 5) is 11.3. The maximum atomic E-state index is 11.3. The first kappa shape index (κ1) is 11.5. The average molecular weight is 200 g/mol. The Morgan fingerprint density at radius 3 is 2.21 bits per heavy atom. The molecule has 1 heterocycles. The lowest BCUT2D eigenvalue weighted by molar-refractivity contribution is -0.147. The van der Waals surface area contributed by atoms with E-state index >= 15 is 0 Å². The second-order valence-electron chi connectivity index (χ2n) is 5.01. The SMILES string of the molecule is CC(C)(C)NC1(C(=O)O)CCNCC1. The van der Waals surface area contributed by atoms with E-state index in [1.807, 2.05) is 20.8 Å². The summed E-state index contributed by atoms with van der Waals surface area (Å²) in [6, 6.07) is 0. The zero-order valence-electron chi connectivity index (χ0n) is 9.18. The maximum Gasteiger partial charge on any atom is 0.324 e. The van der Waals surface area contributed by atoms with Crippen LogP contribution in [-0.4, -0.2) is 35.2 Å². The molecular weight excluding hydrogens is 180 g/mol. The number of hydrogen-bond donors (Lipinski definition) is 3. The number of carbonyl (C=O) groups is 1. The fraction of sp³-hybridized carbons (Fsp3) is 0.900. The molecule has 82 valence electrons. The monoisotopic (exact) mass is 200 g/mol. The third-order valence-electron chi connectivity index (χ3n) is 2.48. The quantitative estimate of drug-likeness (QED) is 0.610. The summed E-state index contributed by atoms with van der Waals surface area (Å²) in [5, 5.41) is 15.7. The minimum absolute atomic E-state index is 0.157. The van der Waals surface area contributed by atoms with Crippen LogP contribution in [-0.2, 0) is 4.79 Å². The first-order valence-electron chi connectivity index (χ1n) is 5.09. The molecule has 0 aromatic carbocycles. The van der Waals surface area contributed by atoms with Crippen molar-refractivity contribution < 1.29 is 9.90 Å². The Hall–Kier alpha value is -0.610. The molecule has 0 spiro atoms. The molecule has 0 aliphatic carbocycles. The zero-order chi connectivity index (χ0) is 10.8. The minimum atomic E-state index is -0.733. The van der Waals surface area contributed by atoms with Gasteiger partial charge in [0.2, 0.25) is 0 Å². The van der Waals surface area contributed by atoms with Gasteiger partial charge in [-0.05, 0) is 46.7 Å². The number of nitrogens with one attached hydrogen (secondary N) is 2. The predicted molar refractivity (Wildman–Crippen MR) is 55.4 cm³/mol. The van der Waals surface area contributed by atoms with Crippen LogP contribution in [0.2, 0.25) is 0 Å². The molecule has 14 heavy (non-hydrogen) atoms. The van der Waals surface area contributed by atoms with E-state index < -0.39 is 11.5 Å². The topological polar surface area (TPSA) is 61.4 Å². The third-order valence-corrected chi connectivity index (χ3v) is 2.48. The number of rotatable bonds is 2. The summed E-state index contributed by atoms with van der Waals surface area (Å²) < 4.78 is 0. The van der Waals surface area contributed by atoms with E-state index in [0.29, 0.717) is 12.8 Å². The molecule has 1 aliphatic heterocycles. The van der Waals surface area contributed by atoms with Crippen LogP contribution >= 0.6 is 0 Å². The lowest BCUT2D eigenvalue weighted by atomic mass is 9.86. The molecule has 3 N–H and O–H groups in total. The van der Waals surface area contributed by atoms with Crippen LogP contribution in [0.1, 0.15) is 33.6 Å². The van der Waals surface area contributed by atoms with Crippen LogP contribution in [0.4, 0.5) is 0 Å². The van der Waals surface area contributed by atoms with E-state index in [2.05, 4.69) is 10.6 Å². The number of aliphatic carboxylic acids is 1. The van der Waals surface area contributed by atoms with Gasteiger partial charge < -0.3 is 10.4 Å². The van der Waals surface area contributed by atoms with Crippen molar-refractivity contribution in [1.82, 2.24) is 10.6 Å². The van der Waals surface area contributed by atoms with Crippen molar-refractivity contribution in [2.24, 2.45) is 0 Å². The molecule has 0 aromatic rings. The van der Waals surface area contributed by atoms with Crippen LogP contribution < -0.4 is 10.6 Å². The Bertz CT molecular complexity index is 215. The van der Waals surface area contributed by atoms with Crippen molar-refractivity contribution in [2.75, 3.05) is 13.1 Å². The van der Waals surface area contributed by atoms with Crippen molar-refractivity contribution in [1.29, 1.82) is 0 Å². The van der Waals surface area contributed by atoms with E-state index in [4.69, 9.17) is 0 Å². The van der Waals surface area contributed by atoms with Gasteiger partial charge >= 0.3 is 5.97 Å². The molecule has 0 saturated carbocycles. The largest absolute Gasteiger partial charge is 0.480 e. The summed E-state index contributed by atoms with van der Waals surface area (Å²) in [6.45, 7) is 7.55. The van der Waals surface area contributed by atoms with Gasteiger partial charge in [-0.1, -0.05) is 0 Å². The van der Waals surface area contributed by atoms with E-state index in [9.17, 15) is 9.90 Å². The van der Waals surface area contributed by atoms with E-state index in [0.717, 1.165) is 13.1 Å². The summed E-state index contributed by atoms with van der Waals surface area (Å²) >= 11 is 0. The Balaban J connectivity index is 2.76. The second kappa shape index (κ2) is 3.87. The summed E-state index contributed by atoms with van der Waals surface area (Å²) in [5.74, 6) is -0.728. The zero-order valence-corrected chi connectivity index (χ0v) is 9.18. The molecular formula is C10H20N2O2. The molecule has 1 aliphatic rings. The van der Waals surface area contributed by atoms with Gasteiger partial charge in [-0.3, -0.25) is 10.1 Å².